The van der Waals surface area contributed by atoms with Crippen LogP contribution in [-0.2, 0) is 0 Å². The van der Waals surface area contributed by atoms with Gasteiger partial charge in [-0.25, -0.2) is 0 Å². The molecule has 1 aliphatic rings. The molecule has 0 radical (unpaired) electrons. The lowest BCUT2D eigenvalue weighted by Gasteiger charge is -2.55. The van der Waals surface area contributed by atoms with Crippen LogP contribution in [0, 0.1) is 35.5 Å². The Kier molecular flexibility index (Phi) is 4.67. The minimum atomic E-state index is 0.931. The van der Waals surface area contributed by atoms with Crippen LogP contribution in [0.2, 0.25) is 0 Å². The Morgan fingerprint density at radius 1 is 0.867 bits per heavy atom. The summed E-state index contributed by atoms with van der Waals surface area (Å²) in [4.78, 5) is 0. The highest BCUT2D eigenvalue weighted by atomic mass is 14.5. The van der Waals surface area contributed by atoms with Gasteiger partial charge in [0.25, 0.3) is 0 Å². The topological polar surface area (TPSA) is 0 Å². The average Bonchev–Trinajstić information content (AvgIpc) is 2.23. The van der Waals surface area contributed by atoms with E-state index in [4.69, 9.17) is 0 Å². The van der Waals surface area contributed by atoms with Crippen molar-refractivity contribution in [3.8, 4) is 0 Å². The molecule has 1 fully saturated rings. The Balaban J connectivity index is 2.61. The van der Waals surface area contributed by atoms with Gasteiger partial charge in [-0.3, -0.25) is 0 Å². The predicted octanol–water partition coefficient (Wildman–Crippen LogP) is 4.99. The van der Waals surface area contributed by atoms with Crippen molar-refractivity contribution in [3.05, 3.63) is 0 Å². The first kappa shape index (κ1) is 13.1. The molecule has 0 aromatic carbocycles. The van der Waals surface area contributed by atoms with Gasteiger partial charge in [0, 0.05) is 0 Å². The van der Waals surface area contributed by atoms with Crippen molar-refractivity contribution in [2.45, 2.75) is 60.8 Å². The summed E-state index contributed by atoms with van der Waals surface area (Å²) < 4.78 is 0. The van der Waals surface area contributed by atoms with Crippen molar-refractivity contribution in [2.24, 2.45) is 35.5 Å². The number of hydrogen-bond acceptors (Lipinski definition) is 0. The molecular weight excluding hydrogens is 180 g/mol. The van der Waals surface area contributed by atoms with Crippen LogP contribution in [0.1, 0.15) is 60.8 Å². The summed E-state index contributed by atoms with van der Waals surface area (Å²) in [5, 5.41) is 0. The second-order valence-corrected chi connectivity index (χ2v) is 6.02. The Morgan fingerprint density at radius 3 is 1.73 bits per heavy atom. The summed E-state index contributed by atoms with van der Waals surface area (Å²) in [5.74, 6) is 5.82. The first-order chi connectivity index (χ1) is 7.04. The molecule has 1 aliphatic carbocycles. The Hall–Kier alpha value is 0. The van der Waals surface area contributed by atoms with Crippen molar-refractivity contribution in [3.63, 3.8) is 0 Å². The Bertz CT molecular complexity index is 180. The van der Waals surface area contributed by atoms with Gasteiger partial charge in [-0.05, 0) is 35.5 Å². The zero-order valence-corrected chi connectivity index (χ0v) is 11.6. The van der Waals surface area contributed by atoms with Crippen LogP contribution in [0.4, 0.5) is 0 Å². The van der Waals surface area contributed by atoms with Gasteiger partial charge in [-0.1, -0.05) is 60.8 Å². The third-order valence-electron chi connectivity index (χ3n) is 5.19. The van der Waals surface area contributed by atoms with E-state index in [1.165, 1.54) is 19.3 Å². The van der Waals surface area contributed by atoms with E-state index in [0.29, 0.717) is 0 Å². The molecule has 0 N–H and O–H groups in total. The van der Waals surface area contributed by atoms with E-state index in [1.807, 2.05) is 0 Å². The van der Waals surface area contributed by atoms with Gasteiger partial charge >= 0.3 is 0 Å². The highest BCUT2D eigenvalue weighted by Crippen LogP contribution is 2.54. The second-order valence-electron chi connectivity index (χ2n) is 6.02. The smallest absolute Gasteiger partial charge is 0.0326 e. The van der Waals surface area contributed by atoms with E-state index < -0.39 is 0 Å². The summed E-state index contributed by atoms with van der Waals surface area (Å²) in [6.07, 6.45) is 4.14. The van der Waals surface area contributed by atoms with Gasteiger partial charge in [0.15, 0.2) is 0 Å². The molecule has 0 heteroatoms. The molecule has 0 saturated heterocycles. The average molecular weight is 210 g/mol. The molecule has 6 unspecified atom stereocenters. The summed E-state index contributed by atoms with van der Waals surface area (Å²) >= 11 is 0. The van der Waals surface area contributed by atoms with Crippen LogP contribution in [-0.4, -0.2) is 0 Å². The lowest BCUT2D eigenvalue weighted by atomic mass is 9.50. The number of hydrogen-bond donors (Lipinski definition) is 0. The quantitative estimate of drug-likeness (QED) is 0.600. The molecule has 0 spiro atoms. The van der Waals surface area contributed by atoms with Crippen LogP contribution in [0.3, 0.4) is 0 Å². The van der Waals surface area contributed by atoms with Crippen molar-refractivity contribution >= 4 is 0 Å². The van der Waals surface area contributed by atoms with Gasteiger partial charge in [0.1, 0.15) is 0 Å². The molecular formula is C15H30. The molecule has 0 aromatic heterocycles. The first-order valence-electron chi connectivity index (χ1n) is 7.04. The van der Waals surface area contributed by atoms with E-state index in [0.717, 1.165) is 35.5 Å². The predicted molar refractivity (Wildman–Crippen MR) is 68.8 cm³/mol. The fourth-order valence-corrected chi connectivity index (χ4v) is 3.97. The molecule has 0 nitrogen and oxygen atoms in total. The van der Waals surface area contributed by atoms with Gasteiger partial charge < -0.3 is 0 Å². The lowest BCUT2D eigenvalue weighted by Crippen LogP contribution is -2.49. The van der Waals surface area contributed by atoms with Crippen molar-refractivity contribution in [1.29, 1.82) is 0 Å². The maximum atomic E-state index is 2.48. The van der Waals surface area contributed by atoms with Crippen molar-refractivity contribution in [2.75, 3.05) is 0 Å². The van der Waals surface area contributed by atoms with Crippen LogP contribution in [0.5, 0.6) is 0 Å². The summed E-state index contributed by atoms with van der Waals surface area (Å²) in [6, 6.07) is 0. The SMILES string of the molecule is CCCC(C)C1C(C)C(C)C1C(C)CC. The van der Waals surface area contributed by atoms with E-state index in [1.54, 1.807) is 0 Å². The minimum absolute atomic E-state index is 0.931. The highest BCUT2D eigenvalue weighted by Gasteiger charge is 2.48. The zero-order chi connectivity index (χ0) is 11.6. The van der Waals surface area contributed by atoms with E-state index in [-0.39, 0.29) is 0 Å². The van der Waals surface area contributed by atoms with Gasteiger partial charge in [0.2, 0.25) is 0 Å². The molecule has 15 heavy (non-hydrogen) atoms. The standard InChI is InChI=1S/C15H30/c1-7-9-11(4)15-13(6)12(5)14(15)10(3)8-2/h10-15H,7-9H2,1-6H3. The van der Waals surface area contributed by atoms with E-state index in [2.05, 4.69) is 41.5 Å². The lowest BCUT2D eigenvalue weighted by molar-refractivity contribution is -0.0688. The highest BCUT2D eigenvalue weighted by molar-refractivity contribution is 4.96. The van der Waals surface area contributed by atoms with Crippen LogP contribution in [0.25, 0.3) is 0 Å². The third-order valence-corrected chi connectivity index (χ3v) is 5.19. The van der Waals surface area contributed by atoms with Gasteiger partial charge in [0.05, 0.1) is 0 Å². The fraction of sp³-hybridized carbons (Fsp3) is 1.00. The molecule has 0 aromatic rings. The zero-order valence-electron chi connectivity index (χ0n) is 11.6. The molecule has 1 rings (SSSR count). The van der Waals surface area contributed by atoms with Crippen LogP contribution >= 0.6 is 0 Å². The van der Waals surface area contributed by atoms with Crippen LogP contribution < -0.4 is 0 Å². The molecule has 0 aliphatic heterocycles. The number of rotatable bonds is 5. The Morgan fingerprint density at radius 2 is 1.33 bits per heavy atom. The second kappa shape index (κ2) is 5.37. The molecule has 1 saturated carbocycles. The minimum Gasteiger partial charge on any atom is -0.0654 e. The fourth-order valence-electron chi connectivity index (χ4n) is 3.97. The molecule has 0 bridgehead atoms. The first-order valence-corrected chi connectivity index (χ1v) is 7.04. The van der Waals surface area contributed by atoms with Crippen molar-refractivity contribution in [1.82, 2.24) is 0 Å². The third kappa shape index (κ3) is 2.40. The van der Waals surface area contributed by atoms with Gasteiger partial charge in [-0.2, -0.15) is 0 Å². The summed E-state index contributed by atoms with van der Waals surface area (Å²) in [6.45, 7) is 14.5. The monoisotopic (exact) mass is 210 g/mol. The van der Waals surface area contributed by atoms with Crippen molar-refractivity contribution < 1.29 is 0 Å². The van der Waals surface area contributed by atoms with E-state index >= 15 is 0 Å². The molecule has 0 heterocycles. The van der Waals surface area contributed by atoms with Gasteiger partial charge in [-0.15, -0.1) is 0 Å². The molecule has 90 valence electrons. The molecule has 0 amide bonds. The maximum Gasteiger partial charge on any atom is -0.0326 e. The Labute approximate surface area is 96.8 Å². The molecule has 6 atom stereocenters. The largest absolute Gasteiger partial charge is 0.0654 e. The van der Waals surface area contributed by atoms with Crippen LogP contribution in [0.15, 0.2) is 0 Å². The summed E-state index contributed by atoms with van der Waals surface area (Å²) in [5.41, 5.74) is 0. The normalized spacial score (nSPS) is 39.6. The summed E-state index contributed by atoms with van der Waals surface area (Å²) in [7, 11) is 0. The van der Waals surface area contributed by atoms with E-state index in [9.17, 15) is 0 Å². The maximum absolute atomic E-state index is 2.48.